The molecule has 0 saturated heterocycles. The van der Waals surface area contributed by atoms with Crippen LogP contribution in [0.3, 0.4) is 0 Å². The van der Waals surface area contributed by atoms with Gasteiger partial charge in [0.15, 0.2) is 0 Å². The van der Waals surface area contributed by atoms with E-state index in [1.165, 1.54) is 0 Å². The molecule has 1 aromatic carbocycles. The number of rotatable bonds is 4. The van der Waals surface area contributed by atoms with Crippen molar-refractivity contribution in [2.75, 3.05) is 0 Å². The van der Waals surface area contributed by atoms with Crippen molar-refractivity contribution in [3.8, 4) is 0 Å². The first-order valence-electron chi connectivity index (χ1n) is 4.45. The van der Waals surface area contributed by atoms with Crippen molar-refractivity contribution in [3.05, 3.63) is 35.9 Å². The van der Waals surface area contributed by atoms with Crippen LogP contribution in [-0.2, 0) is 16.5 Å². The summed E-state index contributed by atoms with van der Waals surface area (Å²) < 4.78 is 30.7. The molecule has 1 atom stereocenters. The van der Waals surface area contributed by atoms with Crippen LogP contribution < -0.4 is 0 Å². The van der Waals surface area contributed by atoms with Gasteiger partial charge < -0.3 is 0 Å². The fourth-order valence-corrected chi connectivity index (χ4v) is 2.10. The Balaban J connectivity index is 2.77. The first-order valence-corrected chi connectivity index (χ1v) is 5.95. The molecule has 14 heavy (non-hydrogen) atoms. The smallest absolute Gasteiger partial charge is 0.268 e. The molecule has 0 amide bonds. The lowest BCUT2D eigenvalue weighted by atomic mass is 10.1. The van der Waals surface area contributed by atoms with Crippen molar-refractivity contribution in [1.82, 2.24) is 0 Å². The van der Waals surface area contributed by atoms with E-state index in [9.17, 15) is 8.42 Å². The second-order valence-electron chi connectivity index (χ2n) is 3.16. The van der Waals surface area contributed by atoms with Crippen LogP contribution in [0.2, 0.25) is 0 Å². The van der Waals surface area contributed by atoms with E-state index >= 15 is 0 Å². The van der Waals surface area contributed by atoms with Crippen LogP contribution in [0.1, 0.15) is 18.9 Å². The highest BCUT2D eigenvalue weighted by atomic mass is 32.2. The van der Waals surface area contributed by atoms with Crippen LogP contribution in [0.15, 0.2) is 24.3 Å². The van der Waals surface area contributed by atoms with Crippen LogP contribution in [0.25, 0.3) is 0 Å². The summed E-state index contributed by atoms with van der Waals surface area (Å²) >= 11 is 0. The number of benzene rings is 1. The zero-order chi connectivity index (χ0) is 10.6. The number of hydrogen-bond donors (Lipinski definition) is 1. The van der Waals surface area contributed by atoms with Gasteiger partial charge in [0, 0.05) is 0 Å². The Labute approximate surface area is 84.5 Å². The standard InChI is InChI=1S/C10H13O3S/c1-2-10(14(11,12)13)8-9-6-4-3-5-7-9/h4-7,10H,2,8H2,1H3,(H,11,12,13). The van der Waals surface area contributed by atoms with Crippen molar-refractivity contribution < 1.29 is 13.0 Å². The summed E-state index contributed by atoms with van der Waals surface area (Å²) in [6.45, 7) is 1.74. The minimum atomic E-state index is -3.92. The summed E-state index contributed by atoms with van der Waals surface area (Å²) in [7, 11) is -3.92. The van der Waals surface area contributed by atoms with Gasteiger partial charge in [0.05, 0.1) is 5.25 Å². The minimum Gasteiger partial charge on any atom is -0.285 e. The predicted octanol–water partition coefficient (Wildman–Crippen LogP) is 1.70. The van der Waals surface area contributed by atoms with E-state index in [0.29, 0.717) is 12.8 Å². The molecular formula is C10H13O3S. The lowest BCUT2D eigenvalue weighted by molar-refractivity contribution is 0.463. The van der Waals surface area contributed by atoms with Gasteiger partial charge in [0.25, 0.3) is 10.1 Å². The molecule has 3 nitrogen and oxygen atoms in total. The maximum absolute atomic E-state index is 10.9. The Kier molecular flexibility index (Phi) is 3.66. The maximum atomic E-state index is 10.9. The van der Waals surface area contributed by atoms with Gasteiger partial charge in [0.1, 0.15) is 0 Å². The van der Waals surface area contributed by atoms with Gasteiger partial charge in [-0.15, -0.1) is 0 Å². The van der Waals surface area contributed by atoms with E-state index in [0.717, 1.165) is 5.56 Å². The summed E-state index contributed by atoms with van der Waals surface area (Å²) in [5.74, 6) is 0. The molecule has 0 aliphatic carbocycles. The van der Waals surface area contributed by atoms with E-state index < -0.39 is 15.4 Å². The molecule has 1 aromatic rings. The molecule has 1 radical (unpaired) electrons. The largest absolute Gasteiger partial charge is 0.285 e. The minimum absolute atomic E-state index is 0.351. The molecule has 77 valence electrons. The van der Waals surface area contributed by atoms with Crippen molar-refractivity contribution in [1.29, 1.82) is 0 Å². The molecule has 0 fully saturated rings. The zero-order valence-corrected chi connectivity index (χ0v) is 8.79. The molecule has 0 aliphatic rings. The molecule has 0 saturated carbocycles. The van der Waals surface area contributed by atoms with E-state index in [4.69, 9.17) is 4.55 Å². The summed E-state index contributed by atoms with van der Waals surface area (Å²) in [6, 6.07) is 9.91. The van der Waals surface area contributed by atoms with Crippen LogP contribution in [0.4, 0.5) is 0 Å². The van der Waals surface area contributed by atoms with Crippen LogP contribution in [0.5, 0.6) is 0 Å². The number of hydrogen-bond acceptors (Lipinski definition) is 2. The van der Waals surface area contributed by atoms with Gasteiger partial charge in [-0.05, 0) is 24.5 Å². The molecule has 1 N–H and O–H groups in total. The molecule has 0 spiro atoms. The molecular weight excluding hydrogens is 200 g/mol. The topological polar surface area (TPSA) is 54.4 Å². The van der Waals surface area contributed by atoms with Crippen LogP contribution in [0, 0.1) is 6.07 Å². The Morgan fingerprint density at radius 1 is 1.43 bits per heavy atom. The zero-order valence-electron chi connectivity index (χ0n) is 7.97. The summed E-state index contributed by atoms with van der Waals surface area (Å²) in [4.78, 5) is 0. The Morgan fingerprint density at radius 2 is 2.00 bits per heavy atom. The van der Waals surface area contributed by atoms with Gasteiger partial charge in [0.2, 0.25) is 0 Å². The van der Waals surface area contributed by atoms with Crippen LogP contribution >= 0.6 is 0 Å². The summed E-state index contributed by atoms with van der Waals surface area (Å²) in [6.07, 6.45) is 0.765. The average molecular weight is 213 g/mol. The van der Waals surface area contributed by atoms with Gasteiger partial charge >= 0.3 is 0 Å². The first-order chi connectivity index (χ1) is 6.54. The average Bonchev–Trinajstić information content (AvgIpc) is 2.14. The monoisotopic (exact) mass is 213 g/mol. The molecule has 0 bridgehead atoms. The quantitative estimate of drug-likeness (QED) is 0.774. The fraction of sp³-hybridized carbons (Fsp3) is 0.400. The second kappa shape index (κ2) is 4.57. The highest BCUT2D eigenvalue weighted by Crippen LogP contribution is 2.11. The SMILES string of the molecule is CCC(Cc1cc[c]cc1)S(=O)(=O)O. The molecule has 0 heterocycles. The highest BCUT2D eigenvalue weighted by Gasteiger charge is 2.20. The third kappa shape index (κ3) is 3.12. The molecule has 4 heteroatoms. The Morgan fingerprint density at radius 3 is 2.43 bits per heavy atom. The lowest BCUT2D eigenvalue weighted by Gasteiger charge is -2.10. The molecule has 1 unspecified atom stereocenters. The fourth-order valence-electron chi connectivity index (χ4n) is 1.28. The molecule has 0 aliphatic heterocycles. The van der Waals surface area contributed by atoms with E-state index in [1.807, 2.05) is 0 Å². The normalized spacial score (nSPS) is 13.9. The van der Waals surface area contributed by atoms with Gasteiger partial charge in [-0.2, -0.15) is 8.42 Å². The van der Waals surface area contributed by atoms with Crippen molar-refractivity contribution in [3.63, 3.8) is 0 Å². The van der Waals surface area contributed by atoms with E-state index in [2.05, 4.69) is 6.07 Å². The van der Waals surface area contributed by atoms with Gasteiger partial charge in [-0.3, -0.25) is 4.55 Å². The molecule has 0 aromatic heterocycles. The van der Waals surface area contributed by atoms with Crippen LogP contribution in [-0.4, -0.2) is 18.2 Å². The lowest BCUT2D eigenvalue weighted by Crippen LogP contribution is -2.22. The van der Waals surface area contributed by atoms with Crippen molar-refractivity contribution in [2.45, 2.75) is 25.0 Å². The van der Waals surface area contributed by atoms with Crippen molar-refractivity contribution in [2.24, 2.45) is 0 Å². The molecule has 1 rings (SSSR count). The second-order valence-corrected chi connectivity index (χ2v) is 4.85. The van der Waals surface area contributed by atoms with Gasteiger partial charge in [-0.25, -0.2) is 0 Å². The Hall–Kier alpha value is -0.870. The van der Waals surface area contributed by atoms with E-state index in [1.54, 1.807) is 31.2 Å². The first kappa shape index (κ1) is 11.2. The summed E-state index contributed by atoms with van der Waals surface area (Å²) in [5, 5.41) is -0.704. The predicted molar refractivity (Wildman–Crippen MR) is 54.6 cm³/mol. The van der Waals surface area contributed by atoms with Crippen molar-refractivity contribution >= 4 is 10.1 Å². The highest BCUT2D eigenvalue weighted by molar-refractivity contribution is 7.86. The van der Waals surface area contributed by atoms with E-state index in [-0.39, 0.29) is 0 Å². The third-order valence-electron chi connectivity index (χ3n) is 2.13. The maximum Gasteiger partial charge on any atom is 0.268 e. The summed E-state index contributed by atoms with van der Waals surface area (Å²) in [5.41, 5.74) is 0.897. The van der Waals surface area contributed by atoms with Gasteiger partial charge in [-0.1, -0.05) is 31.2 Å². The Bertz CT molecular complexity index is 370. The third-order valence-corrected chi connectivity index (χ3v) is 3.47.